The normalized spacial score (nSPS) is 15.8. The molecule has 25 heavy (non-hydrogen) atoms. The first-order valence-corrected chi connectivity index (χ1v) is 7.45. The van der Waals surface area contributed by atoms with Crippen LogP contribution in [-0.4, -0.2) is 40.3 Å². The van der Waals surface area contributed by atoms with Crippen molar-refractivity contribution >= 4 is 11.8 Å². The minimum absolute atomic E-state index is 0.00131. The fraction of sp³-hybridized carbons (Fsp3) is 0.312. The quantitative estimate of drug-likeness (QED) is 0.874. The van der Waals surface area contributed by atoms with E-state index in [-0.39, 0.29) is 30.3 Å². The van der Waals surface area contributed by atoms with Crippen LogP contribution < -0.4 is 11.1 Å². The van der Waals surface area contributed by atoms with Crippen LogP contribution in [0, 0.1) is 0 Å². The Morgan fingerprint density at radius 2 is 1.92 bits per heavy atom. The third-order valence-electron chi connectivity index (χ3n) is 3.96. The molecule has 1 aromatic carbocycles. The van der Waals surface area contributed by atoms with E-state index < -0.39 is 23.6 Å². The molecule has 7 nitrogen and oxygen atoms in total. The van der Waals surface area contributed by atoms with E-state index in [2.05, 4.69) is 14.7 Å². The van der Waals surface area contributed by atoms with Crippen LogP contribution in [0.4, 0.5) is 8.78 Å². The number of rotatable bonds is 4. The smallest absolute Gasteiger partial charge is 0.416 e. The summed E-state index contributed by atoms with van der Waals surface area (Å²) in [6.07, 6.45) is -1.56. The zero-order valence-electron chi connectivity index (χ0n) is 13.2. The lowest BCUT2D eigenvalue weighted by Gasteiger charge is -2.48. The van der Waals surface area contributed by atoms with Gasteiger partial charge in [0.15, 0.2) is 0 Å². The summed E-state index contributed by atoms with van der Waals surface area (Å²) in [5.74, 6) is -1.54. The Balaban J connectivity index is 1.59. The lowest BCUT2D eigenvalue weighted by atomic mass is 9.91. The zero-order valence-corrected chi connectivity index (χ0v) is 13.2. The van der Waals surface area contributed by atoms with Gasteiger partial charge in [0.25, 0.3) is 18.2 Å². The molecule has 0 bridgehead atoms. The van der Waals surface area contributed by atoms with Crippen molar-refractivity contribution in [3.63, 3.8) is 0 Å². The van der Waals surface area contributed by atoms with Crippen molar-refractivity contribution in [2.75, 3.05) is 13.1 Å². The van der Waals surface area contributed by atoms with Crippen LogP contribution in [0.15, 0.2) is 39.7 Å². The molecular weight excluding hydrogens is 336 g/mol. The summed E-state index contributed by atoms with van der Waals surface area (Å²) in [5, 5.41) is 2.72. The Labute approximate surface area is 140 Å². The molecule has 1 aliphatic heterocycles. The number of aromatic amines is 1. The van der Waals surface area contributed by atoms with Crippen LogP contribution in [0.2, 0.25) is 0 Å². The zero-order chi connectivity index (χ0) is 18.2. The van der Waals surface area contributed by atoms with E-state index in [1.807, 2.05) is 0 Å². The van der Waals surface area contributed by atoms with Gasteiger partial charge in [-0.15, -0.1) is 0 Å². The van der Waals surface area contributed by atoms with Gasteiger partial charge in [-0.05, 0) is 19.1 Å². The first-order chi connectivity index (χ1) is 11.8. The lowest BCUT2D eigenvalue weighted by molar-refractivity contribution is 0.0330. The average molecular weight is 351 g/mol. The van der Waals surface area contributed by atoms with E-state index in [4.69, 9.17) is 0 Å². The summed E-state index contributed by atoms with van der Waals surface area (Å²) in [7, 11) is 0. The second-order valence-corrected chi connectivity index (χ2v) is 6.16. The van der Waals surface area contributed by atoms with Crippen LogP contribution in [0.3, 0.4) is 0 Å². The second kappa shape index (κ2) is 6.15. The highest BCUT2D eigenvalue weighted by Crippen LogP contribution is 2.24. The number of nitrogens with one attached hydrogen (secondary N) is 2. The van der Waals surface area contributed by atoms with Crippen LogP contribution >= 0.6 is 0 Å². The minimum Gasteiger partial charge on any atom is -0.416 e. The number of amides is 2. The lowest BCUT2D eigenvalue weighted by Crippen LogP contribution is -2.69. The molecule has 9 heteroatoms. The van der Waals surface area contributed by atoms with Gasteiger partial charge in [-0.2, -0.15) is 0 Å². The number of carbonyl (C=O) groups excluding carboxylic acids is 2. The number of halogens is 2. The molecule has 1 fully saturated rings. The minimum atomic E-state index is -2.58. The van der Waals surface area contributed by atoms with E-state index in [1.54, 1.807) is 6.92 Å². The first kappa shape index (κ1) is 16.9. The Kier molecular flexibility index (Phi) is 4.15. The third kappa shape index (κ3) is 3.44. The molecule has 1 aromatic heterocycles. The van der Waals surface area contributed by atoms with Crippen molar-refractivity contribution in [1.82, 2.24) is 15.2 Å². The van der Waals surface area contributed by atoms with Gasteiger partial charge in [-0.1, -0.05) is 12.1 Å². The molecule has 2 heterocycles. The van der Waals surface area contributed by atoms with Gasteiger partial charge in [0.05, 0.1) is 5.54 Å². The Bertz CT molecular complexity index is 851. The van der Waals surface area contributed by atoms with E-state index in [9.17, 15) is 23.2 Å². The van der Waals surface area contributed by atoms with Crippen LogP contribution in [0.25, 0.3) is 0 Å². The number of carbonyl (C=O) groups is 2. The molecular formula is C16H15F2N3O4. The maximum Gasteiger partial charge on any atom is 0.416 e. The molecule has 2 N–H and O–H groups in total. The standard InChI is InChI=1S/C16H15F2N3O4/c1-16(20-13(22)11-6-25-15(24)19-11)7-21(8-16)14(23)10-4-2-9(3-5-10)12(17)18/h2-6,12H,7-8H2,1H3,(H,19,24)(H,20,22). The number of nitrogens with zero attached hydrogens (tertiary/aromatic N) is 1. The van der Waals surface area contributed by atoms with Gasteiger partial charge in [-0.3, -0.25) is 14.6 Å². The second-order valence-electron chi connectivity index (χ2n) is 6.16. The monoisotopic (exact) mass is 351 g/mol. The van der Waals surface area contributed by atoms with E-state index in [1.165, 1.54) is 29.2 Å². The highest BCUT2D eigenvalue weighted by molar-refractivity contribution is 5.96. The molecule has 3 rings (SSSR count). The van der Waals surface area contributed by atoms with Crippen LogP contribution in [0.5, 0.6) is 0 Å². The van der Waals surface area contributed by atoms with Crippen molar-refractivity contribution in [1.29, 1.82) is 0 Å². The molecule has 0 radical (unpaired) electrons. The molecule has 1 saturated heterocycles. The predicted octanol–water partition coefficient (Wildman–Crippen LogP) is 1.55. The summed E-state index contributed by atoms with van der Waals surface area (Å²) < 4.78 is 29.6. The number of alkyl halides is 2. The summed E-state index contributed by atoms with van der Waals surface area (Å²) in [6, 6.07) is 5.14. The topological polar surface area (TPSA) is 95.4 Å². The molecule has 2 amide bonds. The van der Waals surface area contributed by atoms with Crippen molar-refractivity contribution in [2.24, 2.45) is 0 Å². The fourth-order valence-corrected chi connectivity index (χ4v) is 2.71. The molecule has 0 spiro atoms. The molecule has 2 aromatic rings. The highest BCUT2D eigenvalue weighted by Gasteiger charge is 2.43. The van der Waals surface area contributed by atoms with E-state index in [0.29, 0.717) is 5.56 Å². The number of hydrogen-bond donors (Lipinski definition) is 2. The molecule has 0 aliphatic carbocycles. The fourth-order valence-electron chi connectivity index (χ4n) is 2.71. The van der Waals surface area contributed by atoms with Gasteiger partial charge in [0.1, 0.15) is 12.0 Å². The van der Waals surface area contributed by atoms with Gasteiger partial charge in [-0.25, -0.2) is 13.6 Å². The number of hydrogen-bond acceptors (Lipinski definition) is 4. The molecule has 0 unspecified atom stereocenters. The number of H-pyrrole nitrogens is 1. The van der Waals surface area contributed by atoms with Crippen LogP contribution in [0.1, 0.15) is 39.8 Å². The number of aromatic nitrogens is 1. The maximum atomic E-state index is 12.5. The van der Waals surface area contributed by atoms with Gasteiger partial charge < -0.3 is 14.6 Å². The van der Waals surface area contributed by atoms with Gasteiger partial charge in [0, 0.05) is 24.2 Å². The third-order valence-corrected chi connectivity index (χ3v) is 3.96. The van der Waals surface area contributed by atoms with Crippen molar-refractivity contribution in [3.05, 3.63) is 57.9 Å². The summed E-state index contributed by atoms with van der Waals surface area (Å²) in [6.45, 7) is 2.28. The van der Waals surface area contributed by atoms with Crippen molar-refractivity contribution in [2.45, 2.75) is 18.9 Å². The van der Waals surface area contributed by atoms with Crippen LogP contribution in [-0.2, 0) is 0 Å². The average Bonchev–Trinajstić information content (AvgIpc) is 2.98. The Morgan fingerprint density at radius 3 is 2.44 bits per heavy atom. The molecule has 0 saturated carbocycles. The van der Waals surface area contributed by atoms with E-state index >= 15 is 0 Å². The summed E-state index contributed by atoms with van der Waals surface area (Å²) in [4.78, 5) is 39.0. The van der Waals surface area contributed by atoms with E-state index in [0.717, 1.165) is 6.26 Å². The molecule has 1 aliphatic rings. The predicted molar refractivity (Wildman–Crippen MR) is 82.5 cm³/mol. The highest BCUT2D eigenvalue weighted by atomic mass is 19.3. The SMILES string of the molecule is CC1(NC(=O)c2coc(=O)[nH]2)CN(C(=O)c2ccc(C(F)F)cc2)C1. The Hall–Kier alpha value is -2.97. The van der Waals surface area contributed by atoms with Gasteiger partial charge in [0.2, 0.25) is 0 Å². The molecule has 0 atom stereocenters. The number of likely N-dealkylation sites (tertiary alicyclic amines) is 1. The van der Waals surface area contributed by atoms with Crippen molar-refractivity contribution < 1.29 is 22.8 Å². The van der Waals surface area contributed by atoms with Crippen molar-refractivity contribution in [3.8, 4) is 0 Å². The maximum absolute atomic E-state index is 12.5. The summed E-state index contributed by atoms with van der Waals surface area (Å²) >= 11 is 0. The largest absolute Gasteiger partial charge is 0.416 e. The molecule has 132 valence electrons. The summed E-state index contributed by atoms with van der Waals surface area (Å²) in [5.41, 5.74) is -0.494. The first-order valence-electron chi connectivity index (χ1n) is 7.45. The Morgan fingerprint density at radius 1 is 1.28 bits per heavy atom. The number of oxazole rings is 1. The van der Waals surface area contributed by atoms with Gasteiger partial charge >= 0.3 is 5.76 Å². The number of benzene rings is 1.